The van der Waals surface area contributed by atoms with Gasteiger partial charge >= 0.3 is 0 Å². The van der Waals surface area contributed by atoms with Gasteiger partial charge < -0.3 is 14.4 Å². The van der Waals surface area contributed by atoms with Crippen LogP contribution in [0.1, 0.15) is 82.6 Å². The van der Waals surface area contributed by atoms with E-state index in [1.807, 2.05) is 39.8 Å². The molecule has 1 aliphatic carbocycles. The fourth-order valence-electron chi connectivity index (χ4n) is 4.08. The minimum absolute atomic E-state index is 0.245. The highest BCUT2D eigenvalue weighted by molar-refractivity contribution is 6.39. The molecule has 1 saturated carbocycles. The van der Waals surface area contributed by atoms with Crippen LogP contribution in [0.25, 0.3) is 11.3 Å². The number of rotatable bonds is 9. The van der Waals surface area contributed by atoms with E-state index in [4.69, 9.17) is 44.1 Å². The Labute approximate surface area is 217 Å². The fraction of sp³-hybridized carbons (Fsp3) is 0.444. The largest absolute Gasteiger partial charge is 0.489 e. The Hall–Kier alpha value is -1.72. The summed E-state index contributed by atoms with van der Waals surface area (Å²) in [4.78, 5) is 0. The molecule has 1 atom stereocenters. The molecule has 1 unspecified atom stereocenters. The van der Waals surface area contributed by atoms with Gasteiger partial charge in [-0.3, -0.25) is 0 Å². The first-order valence-electron chi connectivity index (χ1n) is 12.0. The topological polar surface area (TPSA) is 55.5 Å². The van der Waals surface area contributed by atoms with Crippen LogP contribution in [0.2, 0.25) is 15.1 Å². The molecule has 3 aromatic rings. The van der Waals surface area contributed by atoms with E-state index in [0.717, 1.165) is 36.1 Å². The van der Waals surface area contributed by atoms with Gasteiger partial charge in [0.2, 0.25) is 0 Å². The molecule has 1 N–H and O–H groups in total. The first-order chi connectivity index (χ1) is 16.4. The normalized spacial score (nSPS) is 14.8. The Morgan fingerprint density at radius 1 is 1.06 bits per heavy atom. The molecule has 0 saturated heterocycles. The summed E-state index contributed by atoms with van der Waals surface area (Å²) >= 11 is 19.4. The zero-order valence-corrected chi connectivity index (χ0v) is 22.4. The van der Waals surface area contributed by atoms with Crippen molar-refractivity contribution in [1.29, 1.82) is 0 Å². The number of halogens is 3. The number of hydrogen-bond donors (Lipinski definition) is 1. The Bertz CT molecular complexity index is 1090. The van der Waals surface area contributed by atoms with E-state index in [9.17, 15) is 5.11 Å². The predicted octanol–water partition coefficient (Wildman–Crippen LogP) is 9.18. The third-order valence-electron chi connectivity index (χ3n) is 6.04. The van der Waals surface area contributed by atoms with Gasteiger partial charge in [0, 0.05) is 17.0 Å². The molecule has 4 rings (SSSR count). The van der Waals surface area contributed by atoms with Crippen LogP contribution < -0.4 is 4.74 Å². The van der Waals surface area contributed by atoms with Crippen molar-refractivity contribution in [2.24, 2.45) is 0 Å². The minimum Gasteiger partial charge on any atom is -0.489 e. The van der Waals surface area contributed by atoms with Gasteiger partial charge in [-0.2, -0.15) is 0 Å². The highest BCUT2D eigenvalue weighted by Gasteiger charge is 2.34. The van der Waals surface area contributed by atoms with Gasteiger partial charge in [-0.1, -0.05) is 86.2 Å². The maximum atomic E-state index is 11.0. The molecule has 184 valence electrons. The van der Waals surface area contributed by atoms with Crippen molar-refractivity contribution < 1.29 is 14.4 Å². The molecule has 1 aromatic heterocycles. The summed E-state index contributed by atoms with van der Waals surface area (Å²) in [7, 11) is 0. The summed E-state index contributed by atoms with van der Waals surface area (Å²) in [6, 6.07) is 10.8. The molecule has 1 aliphatic rings. The molecule has 1 fully saturated rings. The van der Waals surface area contributed by atoms with Crippen molar-refractivity contribution in [2.45, 2.75) is 77.9 Å². The van der Waals surface area contributed by atoms with Gasteiger partial charge in [-0.15, -0.1) is 0 Å². The number of aliphatic hydroxyl groups is 1. The highest BCUT2D eigenvalue weighted by Crippen LogP contribution is 2.46. The lowest BCUT2D eigenvalue weighted by molar-refractivity contribution is 0.0227. The summed E-state index contributed by atoms with van der Waals surface area (Å²) in [5.41, 5.74) is 1.88. The zero-order chi connectivity index (χ0) is 24.9. The van der Waals surface area contributed by atoms with E-state index in [0.29, 0.717) is 50.8 Å². The number of hydrogen-bond acceptors (Lipinski definition) is 4. The summed E-state index contributed by atoms with van der Waals surface area (Å²) in [5, 5.41) is 16.8. The Kier molecular flexibility index (Phi) is 9.34. The first-order valence-corrected chi connectivity index (χ1v) is 13.1. The Morgan fingerprint density at radius 2 is 1.74 bits per heavy atom. The van der Waals surface area contributed by atoms with Gasteiger partial charge in [-0.05, 0) is 49.9 Å². The van der Waals surface area contributed by atoms with Crippen LogP contribution in [0.4, 0.5) is 0 Å². The second kappa shape index (κ2) is 11.8. The van der Waals surface area contributed by atoms with Crippen LogP contribution >= 0.6 is 34.8 Å². The lowest BCUT2D eigenvalue weighted by Crippen LogP contribution is -2.24. The third-order valence-corrected chi connectivity index (χ3v) is 6.98. The van der Waals surface area contributed by atoms with Crippen LogP contribution in [0.3, 0.4) is 0 Å². The summed E-state index contributed by atoms with van der Waals surface area (Å²) < 4.78 is 11.8. The summed E-state index contributed by atoms with van der Waals surface area (Å²) in [5.74, 6) is 1.77. The van der Waals surface area contributed by atoms with E-state index >= 15 is 0 Å². The molecular formula is C27H32Cl3NO3. The molecule has 0 bridgehead atoms. The predicted molar refractivity (Wildman–Crippen MR) is 140 cm³/mol. The second-order valence-corrected chi connectivity index (χ2v) is 9.53. The molecule has 0 spiro atoms. The zero-order valence-electron chi connectivity index (χ0n) is 20.1. The smallest absolute Gasteiger partial charge is 0.147 e. The second-order valence-electron chi connectivity index (χ2n) is 8.31. The van der Waals surface area contributed by atoms with Crippen LogP contribution in [0.5, 0.6) is 5.75 Å². The van der Waals surface area contributed by atoms with E-state index in [1.165, 1.54) is 0 Å². The van der Waals surface area contributed by atoms with Gasteiger partial charge in [0.05, 0.1) is 26.2 Å². The standard InChI is InChI=1S/C25H26Cl3NO3.C2H6/c1-3-12-25(30,4-2)18-11-10-16(13-21(18)28)31-14-17-23(29-32-24(17)15-8-9-15)22-19(26)6-5-7-20(22)27;1-2/h5-7,10-11,13,15,30H,3-4,8-9,12,14H2,1-2H3;1-2H3. The van der Waals surface area contributed by atoms with Crippen molar-refractivity contribution in [3.8, 4) is 17.0 Å². The average Bonchev–Trinajstić information content (AvgIpc) is 3.59. The molecule has 34 heavy (non-hydrogen) atoms. The number of nitrogens with zero attached hydrogens (tertiary/aromatic N) is 1. The monoisotopic (exact) mass is 523 g/mol. The SMILES string of the molecule is CC.CCCC(O)(CC)c1ccc(OCc2c(-c3c(Cl)cccc3Cl)noc2C2CC2)cc1Cl. The Balaban J connectivity index is 0.00000158. The molecule has 2 aromatic carbocycles. The fourth-order valence-corrected chi connectivity index (χ4v) is 5.01. The van der Waals surface area contributed by atoms with E-state index in [1.54, 1.807) is 24.3 Å². The van der Waals surface area contributed by atoms with Crippen molar-refractivity contribution in [3.05, 3.63) is 68.4 Å². The van der Waals surface area contributed by atoms with Crippen molar-refractivity contribution in [3.63, 3.8) is 0 Å². The minimum atomic E-state index is -0.939. The average molecular weight is 525 g/mol. The Morgan fingerprint density at radius 3 is 2.29 bits per heavy atom. The quantitative estimate of drug-likeness (QED) is 0.303. The third kappa shape index (κ3) is 5.73. The number of ether oxygens (including phenoxy) is 1. The van der Waals surface area contributed by atoms with Crippen LogP contribution in [-0.2, 0) is 12.2 Å². The first kappa shape index (κ1) is 26.9. The van der Waals surface area contributed by atoms with E-state index < -0.39 is 5.60 Å². The molecular weight excluding hydrogens is 493 g/mol. The van der Waals surface area contributed by atoms with Crippen molar-refractivity contribution in [1.82, 2.24) is 5.16 Å². The highest BCUT2D eigenvalue weighted by atomic mass is 35.5. The van der Waals surface area contributed by atoms with E-state index in [-0.39, 0.29) is 6.61 Å². The van der Waals surface area contributed by atoms with Gasteiger partial charge in [0.25, 0.3) is 0 Å². The maximum absolute atomic E-state index is 11.0. The van der Waals surface area contributed by atoms with Gasteiger partial charge in [0.15, 0.2) is 0 Å². The van der Waals surface area contributed by atoms with Crippen LogP contribution in [0.15, 0.2) is 40.9 Å². The number of benzene rings is 2. The van der Waals surface area contributed by atoms with Gasteiger partial charge in [-0.25, -0.2) is 0 Å². The summed E-state index contributed by atoms with van der Waals surface area (Å²) in [6.07, 6.45) is 4.23. The summed E-state index contributed by atoms with van der Waals surface area (Å²) in [6.45, 7) is 8.25. The van der Waals surface area contributed by atoms with Gasteiger partial charge in [0.1, 0.15) is 23.8 Å². The number of aromatic nitrogens is 1. The van der Waals surface area contributed by atoms with Crippen molar-refractivity contribution >= 4 is 34.8 Å². The van der Waals surface area contributed by atoms with Crippen molar-refractivity contribution in [2.75, 3.05) is 0 Å². The molecule has 0 aliphatic heterocycles. The van der Waals surface area contributed by atoms with Crippen LogP contribution in [0, 0.1) is 0 Å². The molecule has 7 heteroatoms. The molecule has 0 radical (unpaired) electrons. The lowest BCUT2D eigenvalue weighted by Gasteiger charge is -2.28. The van der Waals surface area contributed by atoms with Crippen LogP contribution in [-0.4, -0.2) is 10.3 Å². The van der Waals surface area contributed by atoms with E-state index in [2.05, 4.69) is 5.16 Å². The maximum Gasteiger partial charge on any atom is 0.147 e. The lowest BCUT2D eigenvalue weighted by atomic mass is 9.87. The molecule has 4 nitrogen and oxygen atoms in total. The molecule has 1 heterocycles. The molecule has 0 amide bonds.